The van der Waals surface area contributed by atoms with Gasteiger partial charge in [0.05, 0.1) is 6.04 Å². The minimum Gasteiger partial charge on any atom is -0.370 e. The average molecular weight is 250 g/mol. The largest absolute Gasteiger partial charge is 0.370 e. The SMILES string of the molecule is NC(=NC1CCCC1)N1CCN2C(=O)CCC2C1. The highest BCUT2D eigenvalue weighted by Crippen LogP contribution is 2.24. The third kappa shape index (κ3) is 2.18. The molecule has 0 aromatic heterocycles. The molecule has 5 heteroatoms. The molecular weight excluding hydrogens is 228 g/mol. The molecule has 2 saturated heterocycles. The summed E-state index contributed by atoms with van der Waals surface area (Å²) >= 11 is 0. The zero-order valence-electron chi connectivity index (χ0n) is 10.8. The summed E-state index contributed by atoms with van der Waals surface area (Å²) in [6, 6.07) is 0.803. The van der Waals surface area contributed by atoms with E-state index in [-0.39, 0.29) is 0 Å². The highest BCUT2D eigenvalue weighted by molar-refractivity contribution is 5.81. The first-order valence-corrected chi connectivity index (χ1v) is 7.12. The third-order valence-corrected chi connectivity index (χ3v) is 4.46. The highest BCUT2D eigenvalue weighted by atomic mass is 16.2. The molecule has 2 N–H and O–H groups in total. The van der Waals surface area contributed by atoms with E-state index in [1.54, 1.807) is 0 Å². The number of piperazine rings is 1. The average Bonchev–Trinajstić information content (AvgIpc) is 2.99. The Morgan fingerprint density at radius 3 is 2.78 bits per heavy atom. The van der Waals surface area contributed by atoms with Gasteiger partial charge in [-0.2, -0.15) is 0 Å². The summed E-state index contributed by atoms with van der Waals surface area (Å²) < 4.78 is 0. The number of amides is 1. The summed E-state index contributed by atoms with van der Waals surface area (Å²) in [5.74, 6) is 1.01. The van der Waals surface area contributed by atoms with Gasteiger partial charge in [0.1, 0.15) is 0 Å². The van der Waals surface area contributed by atoms with Gasteiger partial charge in [-0.15, -0.1) is 0 Å². The maximum absolute atomic E-state index is 11.6. The Kier molecular flexibility index (Phi) is 3.14. The molecule has 100 valence electrons. The lowest BCUT2D eigenvalue weighted by Crippen LogP contribution is -2.55. The summed E-state index contributed by atoms with van der Waals surface area (Å²) in [5.41, 5.74) is 6.12. The van der Waals surface area contributed by atoms with Crippen molar-refractivity contribution in [3.63, 3.8) is 0 Å². The minimum atomic E-state index is 0.311. The van der Waals surface area contributed by atoms with Crippen molar-refractivity contribution in [3.8, 4) is 0 Å². The van der Waals surface area contributed by atoms with Crippen molar-refractivity contribution in [2.75, 3.05) is 19.6 Å². The Balaban J connectivity index is 1.62. The molecule has 0 spiro atoms. The molecule has 3 fully saturated rings. The van der Waals surface area contributed by atoms with Crippen molar-refractivity contribution in [3.05, 3.63) is 0 Å². The Morgan fingerprint density at radius 1 is 1.22 bits per heavy atom. The van der Waals surface area contributed by atoms with Crippen LogP contribution in [-0.2, 0) is 4.79 Å². The second-order valence-electron chi connectivity index (χ2n) is 5.65. The fraction of sp³-hybridized carbons (Fsp3) is 0.846. The van der Waals surface area contributed by atoms with Crippen LogP contribution in [0, 0.1) is 0 Å². The summed E-state index contributed by atoms with van der Waals surface area (Å²) in [4.78, 5) is 20.4. The number of hydrogen-bond donors (Lipinski definition) is 1. The van der Waals surface area contributed by atoms with Crippen molar-refractivity contribution in [2.24, 2.45) is 10.7 Å². The van der Waals surface area contributed by atoms with E-state index in [1.807, 2.05) is 4.90 Å². The Labute approximate surface area is 108 Å². The monoisotopic (exact) mass is 250 g/mol. The molecule has 1 amide bonds. The summed E-state index contributed by atoms with van der Waals surface area (Å²) in [6.07, 6.45) is 6.62. The van der Waals surface area contributed by atoms with Crippen LogP contribution >= 0.6 is 0 Å². The zero-order valence-corrected chi connectivity index (χ0v) is 10.8. The van der Waals surface area contributed by atoms with Gasteiger partial charge in [0.15, 0.2) is 5.96 Å². The van der Waals surface area contributed by atoms with Gasteiger partial charge >= 0.3 is 0 Å². The summed E-state index contributed by atoms with van der Waals surface area (Å²) in [5, 5.41) is 0. The van der Waals surface area contributed by atoms with Crippen LogP contribution in [0.25, 0.3) is 0 Å². The molecule has 0 bridgehead atoms. The maximum atomic E-state index is 11.6. The van der Waals surface area contributed by atoms with Gasteiger partial charge in [0.2, 0.25) is 5.91 Å². The molecule has 3 aliphatic rings. The molecule has 2 aliphatic heterocycles. The number of carbonyl (C=O) groups excluding carboxylic acids is 1. The summed E-state index contributed by atoms with van der Waals surface area (Å²) in [6.45, 7) is 2.52. The van der Waals surface area contributed by atoms with Crippen LogP contribution in [0.15, 0.2) is 4.99 Å². The van der Waals surface area contributed by atoms with Crippen LogP contribution in [0.5, 0.6) is 0 Å². The number of nitrogens with two attached hydrogens (primary N) is 1. The van der Waals surface area contributed by atoms with E-state index in [0.29, 0.717) is 30.4 Å². The number of aliphatic imine (C=N–C) groups is 1. The standard InChI is InChI=1S/C13H22N4O/c14-13(15-10-3-1-2-4-10)16-7-8-17-11(9-16)5-6-12(17)18/h10-11H,1-9H2,(H2,14,15). The fourth-order valence-corrected chi connectivity index (χ4v) is 3.37. The molecule has 1 saturated carbocycles. The molecule has 5 nitrogen and oxygen atoms in total. The zero-order chi connectivity index (χ0) is 12.5. The van der Waals surface area contributed by atoms with E-state index in [1.165, 1.54) is 25.7 Å². The Bertz CT molecular complexity index is 362. The van der Waals surface area contributed by atoms with Crippen LogP contribution in [0.4, 0.5) is 0 Å². The van der Waals surface area contributed by atoms with Crippen LogP contribution in [0.3, 0.4) is 0 Å². The minimum absolute atomic E-state index is 0.311. The Morgan fingerprint density at radius 2 is 2.00 bits per heavy atom. The maximum Gasteiger partial charge on any atom is 0.223 e. The van der Waals surface area contributed by atoms with Gasteiger partial charge in [0.25, 0.3) is 0 Å². The number of fused-ring (bicyclic) bond motifs is 1. The molecule has 18 heavy (non-hydrogen) atoms. The molecule has 3 rings (SSSR count). The van der Waals surface area contributed by atoms with E-state index in [0.717, 1.165) is 26.1 Å². The van der Waals surface area contributed by atoms with Crippen molar-refractivity contribution in [2.45, 2.75) is 50.6 Å². The quantitative estimate of drug-likeness (QED) is 0.546. The topological polar surface area (TPSA) is 61.9 Å². The smallest absolute Gasteiger partial charge is 0.223 e. The van der Waals surface area contributed by atoms with E-state index in [2.05, 4.69) is 9.89 Å². The molecule has 1 aliphatic carbocycles. The lowest BCUT2D eigenvalue weighted by Gasteiger charge is -2.38. The number of rotatable bonds is 1. The van der Waals surface area contributed by atoms with Crippen molar-refractivity contribution in [1.82, 2.24) is 9.80 Å². The van der Waals surface area contributed by atoms with Gasteiger partial charge < -0.3 is 15.5 Å². The first-order chi connectivity index (χ1) is 8.74. The van der Waals surface area contributed by atoms with Crippen molar-refractivity contribution < 1.29 is 4.79 Å². The molecule has 1 atom stereocenters. The van der Waals surface area contributed by atoms with Crippen molar-refractivity contribution >= 4 is 11.9 Å². The van der Waals surface area contributed by atoms with Crippen molar-refractivity contribution in [1.29, 1.82) is 0 Å². The van der Waals surface area contributed by atoms with Gasteiger partial charge in [-0.1, -0.05) is 12.8 Å². The number of nitrogens with zero attached hydrogens (tertiary/aromatic N) is 3. The van der Waals surface area contributed by atoms with Crippen LogP contribution in [0.1, 0.15) is 38.5 Å². The fourth-order valence-electron chi connectivity index (χ4n) is 3.37. The van der Waals surface area contributed by atoms with Crippen LogP contribution < -0.4 is 5.73 Å². The number of hydrogen-bond acceptors (Lipinski definition) is 2. The van der Waals surface area contributed by atoms with E-state index in [4.69, 9.17) is 5.73 Å². The first kappa shape index (κ1) is 11.8. The molecule has 0 radical (unpaired) electrons. The predicted molar refractivity (Wildman–Crippen MR) is 70.2 cm³/mol. The summed E-state index contributed by atoms with van der Waals surface area (Å²) in [7, 11) is 0. The van der Waals surface area contributed by atoms with Crippen LogP contribution in [-0.4, -0.2) is 53.4 Å². The lowest BCUT2D eigenvalue weighted by atomic mass is 10.1. The van der Waals surface area contributed by atoms with Gasteiger partial charge in [0, 0.05) is 32.1 Å². The number of carbonyl (C=O) groups is 1. The van der Waals surface area contributed by atoms with Crippen LogP contribution in [0.2, 0.25) is 0 Å². The molecule has 2 heterocycles. The van der Waals surface area contributed by atoms with Gasteiger partial charge in [-0.25, -0.2) is 4.99 Å². The molecule has 0 aromatic rings. The molecule has 0 aromatic carbocycles. The third-order valence-electron chi connectivity index (χ3n) is 4.46. The second-order valence-corrected chi connectivity index (χ2v) is 5.65. The van der Waals surface area contributed by atoms with Gasteiger partial charge in [-0.3, -0.25) is 4.79 Å². The predicted octanol–water partition coefficient (Wildman–Crippen LogP) is 0.550. The first-order valence-electron chi connectivity index (χ1n) is 7.12. The van der Waals surface area contributed by atoms with E-state index in [9.17, 15) is 4.79 Å². The van der Waals surface area contributed by atoms with E-state index >= 15 is 0 Å². The number of guanidine groups is 1. The lowest BCUT2D eigenvalue weighted by molar-refractivity contribution is -0.130. The molecule has 1 unspecified atom stereocenters. The molecular formula is C13H22N4O. The highest BCUT2D eigenvalue weighted by Gasteiger charge is 2.36. The normalized spacial score (nSPS) is 30.1. The van der Waals surface area contributed by atoms with Gasteiger partial charge in [-0.05, 0) is 19.3 Å². The second kappa shape index (κ2) is 4.78. The van der Waals surface area contributed by atoms with E-state index < -0.39 is 0 Å². The Hall–Kier alpha value is -1.26.